The van der Waals surface area contributed by atoms with E-state index in [4.69, 9.17) is 5.73 Å². The van der Waals surface area contributed by atoms with Crippen molar-refractivity contribution in [3.8, 4) is 0 Å². The first-order valence-electron chi connectivity index (χ1n) is 6.00. The van der Waals surface area contributed by atoms with Gasteiger partial charge in [-0.05, 0) is 32.2 Å². The molecule has 0 bridgehead atoms. The molecule has 0 aromatic carbocycles. The van der Waals surface area contributed by atoms with E-state index in [1.54, 1.807) is 0 Å². The summed E-state index contributed by atoms with van der Waals surface area (Å²) < 4.78 is 0. The molecule has 1 aliphatic rings. The lowest BCUT2D eigenvalue weighted by atomic mass is 9.87. The Morgan fingerprint density at radius 2 is 1.93 bits per heavy atom. The molecule has 1 saturated carbocycles. The molecule has 1 fully saturated rings. The van der Waals surface area contributed by atoms with Gasteiger partial charge in [-0.2, -0.15) is 0 Å². The SMILES string of the molecule is CC(CN)C(C)NC(=O)C1(C)CCCC1. The first-order chi connectivity index (χ1) is 6.99. The molecule has 3 N–H and O–H groups in total. The minimum atomic E-state index is -0.122. The van der Waals surface area contributed by atoms with Crippen LogP contribution in [0.4, 0.5) is 0 Å². The lowest BCUT2D eigenvalue weighted by Crippen LogP contribution is -2.45. The Morgan fingerprint density at radius 3 is 2.40 bits per heavy atom. The second-order valence-electron chi connectivity index (χ2n) is 5.24. The second kappa shape index (κ2) is 4.97. The van der Waals surface area contributed by atoms with Crippen molar-refractivity contribution in [2.45, 2.75) is 52.5 Å². The molecule has 0 aliphatic heterocycles. The van der Waals surface area contributed by atoms with Crippen molar-refractivity contribution in [3.63, 3.8) is 0 Å². The Morgan fingerprint density at radius 1 is 1.40 bits per heavy atom. The van der Waals surface area contributed by atoms with E-state index in [0.29, 0.717) is 12.5 Å². The molecule has 2 unspecified atom stereocenters. The van der Waals surface area contributed by atoms with Crippen molar-refractivity contribution in [1.82, 2.24) is 5.32 Å². The van der Waals surface area contributed by atoms with Crippen LogP contribution >= 0.6 is 0 Å². The third kappa shape index (κ3) is 2.94. The highest BCUT2D eigenvalue weighted by Gasteiger charge is 2.36. The monoisotopic (exact) mass is 212 g/mol. The summed E-state index contributed by atoms with van der Waals surface area (Å²) in [7, 11) is 0. The molecule has 0 saturated heterocycles. The van der Waals surface area contributed by atoms with Crippen molar-refractivity contribution in [3.05, 3.63) is 0 Å². The zero-order chi connectivity index (χ0) is 11.5. The number of hydrogen-bond acceptors (Lipinski definition) is 2. The predicted octanol–water partition coefficient (Wildman–Crippen LogP) is 1.67. The third-order valence-electron chi connectivity index (χ3n) is 3.84. The normalized spacial score (nSPS) is 23.5. The molecule has 3 heteroatoms. The largest absolute Gasteiger partial charge is 0.353 e. The van der Waals surface area contributed by atoms with E-state index in [2.05, 4.69) is 19.2 Å². The summed E-state index contributed by atoms with van der Waals surface area (Å²) in [5.41, 5.74) is 5.46. The van der Waals surface area contributed by atoms with Crippen molar-refractivity contribution in [2.75, 3.05) is 6.54 Å². The quantitative estimate of drug-likeness (QED) is 0.744. The Bertz CT molecular complexity index is 222. The molecule has 88 valence electrons. The van der Waals surface area contributed by atoms with Gasteiger partial charge in [-0.15, -0.1) is 0 Å². The molecule has 1 rings (SSSR count). The van der Waals surface area contributed by atoms with Crippen LogP contribution in [-0.2, 0) is 4.79 Å². The molecular weight excluding hydrogens is 188 g/mol. The summed E-state index contributed by atoms with van der Waals surface area (Å²) in [6, 6.07) is 0.180. The maximum absolute atomic E-state index is 12.0. The molecule has 3 nitrogen and oxygen atoms in total. The molecule has 0 aromatic rings. The van der Waals surface area contributed by atoms with Gasteiger partial charge in [0, 0.05) is 11.5 Å². The number of nitrogens with two attached hydrogens (primary N) is 1. The van der Waals surface area contributed by atoms with Gasteiger partial charge in [0.25, 0.3) is 0 Å². The number of amides is 1. The van der Waals surface area contributed by atoms with Gasteiger partial charge in [0.2, 0.25) is 5.91 Å². The van der Waals surface area contributed by atoms with Crippen LogP contribution in [-0.4, -0.2) is 18.5 Å². The smallest absolute Gasteiger partial charge is 0.226 e. The van der Waals surface area contributed by atoms with E-state index in [9.17, 15) is 4.79 Å². The minimum Gasteiger partial charge on any atom is -0.353 e. The third-order valence-corrected chi connectivity index (χ3v) is 3.84. The van der Waals surface area contributed by atoms with Gasteiger partial charge >= 0.3 is 0 Å². The Balaban J connectivity index is 2.47. The molecule has 0 spiro atoms. The van der Waals surface area contributed by atoms with Crippen LogP contribution in [0.15, 0.2) is 0 Å². The summed E-state index contributed by atoms with van der Waals surface area (Å²) >= 11 is 0. The number of carbonyl (C=O) groups excluding carboxylic acids is 1. The summed E-state index contributed by atoms with van der Waals surface area (Å²) in [5, 5.41) is 3.09. The van der Waals surface area contributed by atoms with E-state index in [-0.39, 0.29) is 17.4 Å². The highest BCUT2D eigenvalue weighted by molar-refractivity contribution is 5.82. The summed E-state index contributed by atoms with van der Waals surface area (Å²) in [6.45, 7) is 6.81. The fourth-order valence-electron chi connectivity index (χ4n) is 2.11. The van der Waals surface area contributed by atoms with Gasteiger partial charge in [0.15, 0.2) is 0 Å². The van der Waals surface area contributed by atoms with Crippen molar-refractivity contribution in [2.24, 2.45) is 17.1 Å². The maximum Gasteiger partial charge on any atom is 0.226 e. The maximum atomic E-state index is 12.0. The van der Waals surface area contributed by atoms with Crippen LogP contribution in [0.3, 0.4) is 0 Å². The number of hydrogen-bond donors (Lipinski definition) is 2. The van der Waals surface area contributed by atoms with Gasteiger partial charge in [-0.25, -0.2) is 0 Å². The fraction of sp³-hybridized carbons (Fsp3) is 0.917. The predicted molar refractivity (Wildman–Crippen MR) is 62.4 cm³/mol. The second-order valence-corrected chi connectivity index (χ2v) is 5.24. The molecular formula is C12H24N2O. The molecule has 1 aliphatic carbocycles. The zero-order valence-corrected chi connectivity index (χ0v) is 10.2. The summed E-state index contributed by atoms with van der Waals surface area (Å²) in [5.74, 6) is 0.562. The van der Waals surface area contributed by atoms with E-state index >= 15 is 0 Å². The van der Waals surface area contributed by atoms with Crippen LogP contribution in [0.2, 0.25) is 0 Å². The van der Waals surface area contributed by atoms with Gasteiger partial charge in [-0.3, -0.25) is 4.79 Å². The van der Waals surface area contributed by atoms with Crippen LogP contribution < -0.4 is 11.1 Å². The number of rotatable bonds is 4. The van der Waals surface area contributed by atoms with Gasteiger partial charge in [0.1, 0.15) is 0 Å². The lowest BCUT2D eigenvalue weighted by molar-refractivity contribution is -0.130. The average Bonchev–Trinajstić information content (AvgIpc) is 2.65. The standard InChI is InChI=1S/C12H24N2O/c1-9(8-13)10(2)14-11(15)12(3)6-4-5-7-12/h9-10H,4-8,13H2,1-3H3,(H,14,15). The Labute approximate surface area is 92.8 Å². The van der Waals surface area contributed by atoms with E-state index < -0.39 is 0 Å². The fourth-order valence-corrected chi connectivity index (χ4v) is 2.11. The average molecular weight is 212 g/mol. The van der Waals surface area contributed by atoms with Crippen molar-refractivity contribution < 1.29 is 4.79 Å². The van der Waals surface area contributed by atoms with Crippen LogP contribution in [0.25, 0.3) is 0 Å². The minimum absolute atomic E-state index is 0.122. The lowest BCUT2D eigenvalue weighted by Gasteiger charge is -2.27. The molecule has 0 heterocycles. The molecule has 0 radical (unpaired) electrons. The van der Waals surface area contributed by atoms with Gasteiger partial charge in [0.05, 0.1) is 0 Å². The molecule has 1 amide bonds. The number of carbonyl (C=O) groups is 1. The Kier molecular flexibility index (Phi) is 4.14. The van der Waals surface area contributed by atoms with Gasteiger partial charge < -0.3 is 11.1 Å². The highest BCUT2D eigenvalue weighted by atomic mass is 16.2. The topological polar surface area (TPSA) is 55.1 Å². The van der Waals surface area contributed by atoms with Crippen LogP contribution in [0.1, 0.15) is 46.5 Å². The molecule has 2 atom stereocenters. The first-order valence-corrected chi connectivity index (χ1v) is 6.00. The van der Waals surface area contributed by atoms with Crippen LogP contribution in [0, 0.1) is 11.3 Å². The summed E-state index contributed by atoms with van der Waals surface area (Å²) in [4.78, 5) is 12.0. The van der Waals surface area contributed by atoms with E-state index in [1.807, 2.05) is 6.92 Å². The Hall–Kier alpha value is -0.570. The van der Waals surface area contributed by atoms with Crippen molar-refractivity contribution in [1.29, 1.82) is 0 Å². The molecule has 15 heavy (non-hydrogen) atoms. The molecule has 0 aromatic heterocycles. The van der Waals surface area contributed by atoms with E-state index in [0.717, 1.165) is 12.8 Å². The zero-order valence-electron chi connectivity index (χ0n) is 10.2. The number of nitrogens with one attached hydrogen (secondary N) is 1. The first kappa shape index (κ1) is 12.5. The van der Waals surface area contributed by atoms with Crippen molar-refractivity contribution >= 4 is 5.91 Å². The van der Waals surface area contributed by atoms with E-state index in [1.165, 1.54) is 12.8 Å². The van der Waals surface area contributed by atoms with Crippen LogP contribution in [0.5, 0.6) is 0 Å². The van der Waals surface area contributed by atoms with Gasteiger partial charge in [-0.1, -0.05) is 26.7 Å². The highest BCUT2D eigenvalue weighted by Crippen LogP contribution is 2.37. The summed E-state index contributed by atoms with van der Waals surface area (Å²) in [6.07, 6.45) is 4.43.